The van der Waals surface area contributed by atoms with E-state index in [0.29, 0.717) is 24.8 Å². The first-order valence-corrected chi connectivity index (χ1v) is 9.88. The Labute approximate surface area is 172 Å². The number of benzene rings is 1. The molecule has 6 nitrogen and oxygen atoms in total. The van der Waals surface area contributed by atoms with Crippen LogP contribution in [-0.2, 0) is 5.60 Å². The van der Waals surface area contributed by atoms with Crippen LogP contribution >= 0.6 is 0 Å². The molecule has 0 saturated carbocycles. The number of aliphatic hydroxyl groups is 1. The summed E-state index contributed by atoms with van der Waals surface area (Å²) < 4.78 is 19.2. The quantitative estimate of drug-likeness (QED) is 0.466. The molecular formula is C22H33FN4O2. The molecule has 0 aliphatic heterocycles. The average molecular weight is 405 g/mol. The predicted molar refractivity (Wildman–Crippen MR) is 115 cm³/mol. The normalized spacial score (nSPS) is 15.3. The molecule has 0 aliphatic rings. The van der Waals surface area contributed by atoms with Gasteiger partial charge in [0.2, 0.25) is 0 Å². The molecule has 2 unspecified atom stereocenters. The Morgan fingerprint density at radius 1 is 1.28 bits per heavy atom. The fourth-order valence-electron chi connectivity index (χ4n) is 3.33. The van der Waals surface area contributed by atoms with Crippen molar-refractivity contribution in [2.24, 2.45) is 4.99 Å². The van der Waals surface area contributed by atoms with Gasteiger partial charge in [0.25, 0.3) is 0 Å². The van der Waals surface area contributed by atoms with E-state index in [1.165, 1.54) is 6.07 Å². The number of likely N-dealkylation sites (N-methyl/N-ethyl adjacent to an activating group) is 1. The van der Waals surface area contributed by atoms with Crippen molar-refractivity contribution in [2.45, 2.75) is 39.3 Å². The molecule has 2 atom stereocenters. The molecule has 0 amide bonds. The molecule has 0 fully saturated rings. The number of guanidine groups is 1. The number of aryl methyl sites for hydroxylation is 2. The SMILES string of the molecule is CCNC(=NCC(C)(O)c1cc(C)oc1C)NCC(c1cccc(F)c1)N(C)C. The van der Waals surface area contributed by atoms with Crippen molar-refractivity contribution >= 4 is 5.96 Å². The van der Waals surface area contributed by atoms with Gasteiger partial charge in [0.05, 0.1) is 12.6 Å². The maximum atomic E-state index is 13.6. The third-order valence-corrected chi connectivity index (χ3v) is 4.83. The second-order valence-electron chi connectivity index (χ2n) is 7.71. The van der Waals surface area contributed by atoms with Crippen LogP contribution < -0.4 is 10.6 Å². The summed E-state index contributed by atoms with van der Waals surface area (Å²) in [6.07, 6.45) is 0. The Morgan fingerprint density at radius 3 is 2.55 bits per heavy atom. The largest absolute Gasteiger partial charge is 0.466 e. The van der Waals surface area contributed by atoms with Crippen LogP contribution in [0.3, 0.4) is 0 Å². The second kappa shape index (κ2) is 9.89. The van der Waals surface area contributed by atoms with Gasteiger partial charge in [0.15, 0.2) is 5.96 Å². The summed E-state index contributed by atoms with van der Waals surface area (Å²) in [4.78, 5) is 6.59. The number of halogens is 1. The first kappa shape index (κ1) is 22.9. The molecule has 0 saturated heterocycles. The zero-order valence-corrected chi connectivity index (χ0v) is 18.2. The summed E-state index contributed by atoms with van der Waals surface area (Å²) in [7, 11) is 3.91. The van der Waals surface area contributed by atoms with Crippen molar-refractivity contribution in [1.82, 2.24) is 15.5 Å². The topological polar surface area (TPSA) is 73.0 Å². The molecule has 2 aromatic rings. The molecule has 2 rings (SSSR count). The van der Waals surface area contributed by atoms with Gasteiger partial charge in [-0.1, -0.05) is 12.1 Å². The van der Waals surface area contributed by atoms with Crippen molar-refractivity contribution in [3.05, 3.63) is 58.8 Å². The lowest BCUT2D eigenvalue weighted by Crippen LogP contribution is -2.42. The van der Waals surface area contributed by atoms with Gasteiger partial charge in [0.1, 0.15) is 22.9 Å². The van der Waals surface area contributed by atoms with E-state index in [4.69, 9.17) is 4.42 Å². The molecule has 1 heterocycles. The van der Waals surface area contributed by atoms with Crippen LogP contribution in [0.15, 0.2) is 39.7 Å². The van der Waals surface area contributed by atoms with E-state index in [0.717, 1.165) is 16.9 Å². The number of hydrogen-bond acceptors (Lipinski definition) is 4. The Morgan fingerprint density at radius 2 is 2.00 bits per heavy atom. The fraction of sp³-hybridized carbons (Fsp3) is 0.500. The van der Waals surface area contributed by atoms with Gasteiger partial charge in [-0.15, -0.1) is 0 Å². The van der Waals surface area contributed by atoms with Gasteiger partial charge in [-0.05, 0) is 65.6 Å². The number of nitrogens with zero attached hydrogens (tertiary/aromatic N) is 2. The fourth-order valence-corrected chi connectivity index (χ4v) is 3.33. The molecule has 160 valence electrons. The van der Waals surface area contributed by atoms with E-state index >= 15 is 0 Å². The van der Waals surface area contributed by atoms with Crippen LogP contribution in [0.1, 0.15) is 42.5 Å². The van der Waals surface area contributed by atoms with Gasteiger partial charge in [0, 0.05) is 18.7 Å². The van der Waals surface area contributed by atoms with Crippen molar-refractivity contribution in [3.63, 3.8) is 0 Å². The first-order chi connectivity index (χ1) is 13.6. The van der Waals surface area contributed by atoms with Gasteiger partial charge in [-0.3, -0.25) is 0 Å². The maximum absolute atomic E-state index is 13.6. The monoisotopic (exact) mass is 404 g/mol. The summed E-state index contributed by atoms with van der Waals surface area (Å²) in [5.41, 5.74) is 0.476. The van der Waals surface area contributed by atoms with E-state index in [9.17, 15) is 9.50 Å². The Kier molecular flexibility index (Phi) is 7.81. The predicted octanol–water partition coefficient (Wildman–Crippen LogP) is 3.10. The highest BCUT2D eigenvalue weighted by Crippen LogP contribution is 2.27. The number of hydrogen-bond donors (Lipinski definition) is 3. The number of nitrogens with one attached hydrogen (secondary N) is 2. The van der Waals surface area contributed by atoms with Crippen LogP contribution in [0.2, 0.25) is 0 Å². The van der Waals surface area contributed by atoms with Gasteiger partial charge in [-0.2, -0.15) is 0 Å². The van der Waals surface area contributed by atoms with Crippen molar-refractivity contribution < 1.29 is 13.9 Å². The van der Waals surface area contributed by atoms with Crippen LogP contribution in [0.4, 0.5) is 4.39 Å². The summed E-state index contributed by atoms with van der Waals surface area (Å²) in [5, 5.41) is 17.4. The highest BCUT2D eigenvalue weighted by molar-refractivity contribution is 5.79. The van der Waals surface area contributed by atoms with E-state index in [1.54, 1.807) is 19.1 Å². The van der Waals surface area contributed by atoms with E-state index in [-0.39, 0.29) is 18.4 Å². The van der Waals surface area contributed by atoms with Crippen LogP contribution in [0, 0.1) is 19.7 Å². The highest BCUT2D eigenvalue weighted by Gasteiger charge is 2.27. The second-order valence-corrected chi connectivity index (χ2v) is 7.71. The molecule has 0 bridgehead atoms. The van der Waals surface area contributed by atoms with E-state index < -0.39 is 5.60 Å². The molecule has 1 aromatic carbocycles. The lowest BCUT2D eigenvalue weighted by molar-refractivity contribution is 0.0657. The average Bonchev–Trinajstić information content (AvgIpc) is 2.99. The standard InChI is InChI=1S/C22H33FN4O2/c1-7-24-21(26-14-22(4,28)19-11-15(2)29-16(19)3)25-13-20(27(5)6)17-9-8-10-18(23)12-17/h8-12,20,28H,7,13-14H2,1-6H3,(H2,24,25,26). The van der Waals surface area contributed by atoms with Crippen LogP contribution in [0.25, 0.3) is 0 Å². The summed E-state index contributed by atoms with van der Waals surface area (Å²) in [6.45, 7) is 8.80. The molecule has 1 aromatic heterocycles. The zero-order chi connectivity index (χ0) is 21.6. The van der Waals surface area contributed by atoms with Crippen LogP contribution in [0.5, 0.6) is 0 Å². The zero-order valence-electron chi connectivity index (χ0n) is 18.2. The number of rotatable bonds is 8. The minimum Gasteiger partial charge on any atom is -0.466 e. The maximum Gasteiger partial charge on any atom is 0.191 e. The minimum absolute atomic E-state index is 0.0335. The molecule has 7 heteroatoms. The molecule has 3 N–H and O–H groups in total. The van der Waals surface area contributed by atoms with E-state index in [1.807, 2.05) is 51.9 Å². The number of furan rings is 1. The Hall–Kier alpha value is -2.38. The lowest BCUT2D eigenvalue weighted by Gasteiger charge is -2.26. The van der Waals surface area contributed by atoms with Gasteiger partial charge < -0.3 is 25.1 Å². The summed E-state index contributed by atoms with van der Waals surface area (Å²) >= 11 is 0. The Bertz CT molecular complexity index is 830. The lowest BCUT2D eigenvalue weighted by atomic mass is 9.96. The highest BCUT2D eigenvalue weighted by atomic mass is 19.1. The molecule has 0 radical (unpaired) electrons. The summed E-state index contributed by atoms with van der Waals surface area (Å²) in [5.74, 6) is 1.79. The van der Waals surface area contributed by atoms with Crippen LogP contribution in [-0.4, -0.2) is 49.7 Å². The number of aliphatic imine (C=N–C) groups is 1. The molecule has 0 spiro atoms. The smallest absolute Gasteiger partial charge is 0.191 e. The third kappa shape index (κ3) is 6.30. The van der Waals surface area contributed by atoms with Gasteiger partial charge >= 0.3 is 0 Å². The minimum atomic E-state index is -1.15. The van der Waals surface area contributed by atoms with E-state index in [2.05, 4.69) is 15.6 Å². The first-order valence-electron chi connectivity index (χ1n) is 9.88. The van der Waals surface area contributed by atoms with Gasteiger partial charge in [-0.25, -0.2) is 9.38 Å². The van der Waals surface area contributed by atoms with Crippen molar-refractivity contribution in [2.75, 3.05) is 33.7 Å². The Balaban J connectivity index is 2.12. The third-order valence-electron chi connectivity index (χ3n) is 4.83. The molecule has 0 aliphatic carbocycles. The van der Waals surface area contributed by atoms with Crippen molar-refractivity contribution in [3.8, 4) is 0 Å². The summed E-state index contributed by atoms with van der Waals surface area (Å²) in [6, 6.07) is 8.43. The molecule has 29 heavy (non-hydrogen) atoms. The van der Waals surface area contributed by atoms with Crippen molar-refractivity contribution in [1.29, 1.82) is 0 Å². The molecular weight excluding hydrogens is 371 g/mol.